The number of benzene rings is 1. The summed E-state index contributed by atoms with van der Waals surface area (Å²) in [6.07, 6.45) is 0.643. The maximum Gasteiger partial charge on any atom is 0.270 e. The van der Waals surface area contributed by atoms with Crippen molar-refractivity contribution in [3.63, 3.8) is 0 Å². The van der Waals surface area contributed by atoms with E-state index in [1.165, 1.54) is 12.1 Å². The minimum Gasteiger partial charge on any atom is -0.320 e. The van der Waals surface area contributed by atoms with Crippen molar-refractivity contribution in [2.45, 2.75) is 18.2 Å². The highest BCUT2D eigenvalue weighted by Gasteiger charge is 2.19. The average molecular weight is 324 g/mol. The van der Waals surface area contributed by atoms with Gasteiger partial charge in [0.25, 0.3) is 5.69 Å². The van der Waals surface area contributed by atoms with E-state index in [0.29, 0.717) is 18.5 Å². The first-order chi connectivity index (χ1) is 8.88. The molecule has 0 aliphatic rings. The molecule has 0 heterocycles. The van der Waals surface area contributed by atoms with Gasteiger partial charge in [0, 0.05) is 18.7 Å². The third-order valence-electron chi connectivity index (χ3n) is 2.57. The monoisotopic (exact) mass is 323 g/mol. The van der Waals surface area contributed by atoms with Crippen LogP contribution < -0.4 is 10.0 Å². The zero-order chi connectivity index (χ0) is 14.5. The predicted molar refractivity (Wildman–Crippen MR) is 78.8 cm³/mol. The van der Waals surface area contributed by atoms with Gasteiger partial charge in [-0.1, -0.05) is 6.07 Å². The van der Waals surface area contributed by atoms with Crippen LogP contribution in [-0.2, 0) is 10.0 Å². The van der Waals surface area contributed by atoms with Crippen molar-refractivity contribution in [2.24, 2.45) is 0 Å². The minimum absolute atomic E-state index is 0. The van der Waals surface area contributed by atoms with Crippen LogP contribution >= 0.6 is 12.4 Å². The fourth-order valence-corrected chi connectivity index (χ4v) is 2.88. The van der Waals surface area contributed by atoms with Gasteiger partial charge in [-0.25, -0.2) is 13.1 Å². The standard InChI is InChI=1S/C11H17N3O4S.ClH/c1-9-4-5-10(14(15)16)8-11(9)19(17,18)13-7-3-6-12-2;/h4-5,8,12-13H,3,6-7H2,1-2H3;1H. The molecule has 7 nitrogen and oxygen atoms in total. The molecule has 1 rings (SSSR count). The second kappa shape index (κ2) is 8.15. The van der Waals surface area contributed by atoms with E-state index in [4.69, 9.17) is 0 Å². The predicted octanol–water partition coefficient (Wildman–Crippen LogP) is 1.21. The van der Waals surface area contributed by atoms with Crippen molar-refractivity contribution in [3.05, 3.63) is 33.9 Å². The largest absolute Gasteiger partial charge is 0.320 e. The number of nitro groups is 1. The van der Waals surface area contributed by atoms with Crippen molar-refractivity contribution in [1.82, 2.24) is 10.0 Å². The quantitative estimate of drug-likeness (QED) is 0.446. The Morgan fingerprint density at radius 1 is 1.30 bits per heavy atom. The highest BCUT2D eigenvalue weighted by Crippen LogP contribution is 2.21. The molecule has 0 saturated carbocycles. The van der Waals surface area contributed by atoms with Crippen LogP contribution in [0.5, 0.6) is 0 Å². The summed E-state index contributed by atoms with van der Waals surface area (Å²) in [5.41, 5.74) is 0.243. The zero-order valence-corrected chi connectivity index (χ0v) is 12.9. The fourth-order valence-electron chi connectivity index (χ4n) is 1.54. The van der Waals surface area contributed by atoms with Gasteiger partial charge in [0.15, 0.2) is 0 Å². The van der Waals surface area contributed by atoms with E-state index in [1.807, 2.05) is 0 Å². The first-order valence-electron chi connectivity index (χ1n) is 5.78. The lowest BCUT2D eigenvalue weighted by Gasteiger charge is -2.09. The SMILES string of the molecule is CNCCCNS(=O)(=O)c1cc([N+](=O)[O-])ccc1C.Cl. The summed E-state index contributed by atoms with van der Waals surface area (Å²) in [7, 11) is -1.93. The van der Waals surface area contributed by atoms with Crippen LogP contribution in [0.1, 0.15) is 12.0 Å². The topological polar surface area (TPSA) is 101 Å². The molecule has 20 heavy (non-hydrogen) atoms. The molecule has 2 N–H and O–H groups in total. The number of sulfonamides is 1. The Labute approximate surface area is 124 Å². The summed E-state index contributed by atoms with van der Waals surface area (Å²) in [5.74, 6) is 0. The summed E-state index contributed by atoms with van der Waals surface area (Å²) in [6, 6.07) is 3.80. The van der Waals surface area contributed by atoms with Crippen LogP contribution in [0.2, 0.25) is 0 Å². The lowest BCUT2D eigenvalue weighted by atomic mass is 10.2. The Balaban J connectivity index is 0.00000361. The second-order valence-corrected chi connectivity index (χ2v) is 5.80. The van der Waals surface area contributed by atoms with Gasteiger partial charge in [0.2, 0.25) is 10.0 Å². The van der Waals surface area contributed by atoms with Crippen molar-refractivity contribution < 1.29 is 13.3 Å². The molecule has 1 aromatic rings. The van der Waals surface area contributed by atoms with Crippen LogP contribution in [0.25, 0.3) is 0 Å². The number of halogens is 1. The maximum atomic E-state index is 12.0. The molecule has 1 aromatic carbocycles. The van der Waals surface area contributed by atoms with E-state index in [2.05, 4.69) is 10.0 Å². The third-order valence-corrected chi connectivity index (χ3v) is 4.17. The van der Waals surface area contributed by atoms with Crippen molar-refractivity contribution in [3.8, 4) is 0 Å². The number of aryl methyl sites for hydroxylation is 1. The molecule has 0 aliphatic carbocycles. The highest BCUT2D eigenvalue weighted by atomic mass is 35.5. The molecule has 0 spiro atoms. The lowest BCUT2D eigenvalue weighted by molar-refractivity contribution is -0.385. The van der Waals surface area contributed by atoms with Gasteiger partial charge in [-0.2, -0.15) is 0 Å². The molecule has 0 saturated heterocycles. The summed E-state index contributed by atoms with van der Waals surface area (Å²) in [5, 5.41) is 13.6. The molecule has 0 unspecified atom stereocenters. The van der Waals surface area contributed by atoms with Crippen molar-refractivity contribution in [1.29, 1.82) is 0 Å². The number of hydrogen-bond acceptors (Lipinski definition) is 5. The van der Waals surface area contributed by atoms with Crippen LogP contribution in [0.15, 0.2) is 23.1 Å². The van der Waals surface area contributed by atoms with Gasteiger partial charge in [-0.15, -0.1) is 12.4 Å². The van der Waals surface area contributed by atoms with Gasteiger partial charge in [-0.05, 0) is 32.5 Å². The first kappa shape index (κ1) is 18.8. The minimum atomic E-state index is -3.71. The van der Waals surface area contributed by atoms with E-state index in [1.54, 1.807) is 14.0 Å². The van der Waals surface area contributed by atoms with E-state index >= 15 is 0 Å². The van der Waals surface area contributed by atoms with E-state index in [9.17, 15) is 18.5 Å². The number of nitrogens with one attached hydrogen (secondary N) is 2. The Hall–Kier alpha value is -1.22. The second-order valence-electron chi connectivity index (χ2n) is 4.06. The molecule has 0 atom stereocenters. The summed E-state index contributed by atoms with van der Waals surface area (Å²) in [4.78, 5) is 10.0. The van der Waals surface area contributed by atoms with Gasteiger partial charge in [0.05, 0.1) is 9.82 Å². The highest BCUT2D eigenvalue weighted by molar-refractivity contribution is 7.89. The van der Waals surface area contributed by atoms with Gasteiger partial charge < -0.3 is 5.32 Å². The molecule has 0 radical (unpaired) electrons. The molecule has 0 aromatic heterocycles. The number of nitrogens with zero attached hydrogens (tertiary/aromatic N) is 1. The van der Waals surface area contributed by atoms with Gasteiger partial charge in [-0.3, -0.25) is 10.1 Å². The van der Waals surface area contributed by atoms with Crippen molar-refractivity contribution >= 4 is 28.1 Å². The van der Waals surface area contributed by atoms with Gasteiger partial charge in [0.1, 0.15) is 0 Å². The Bertz CT molecular complexity index is 563. The molecule has 0 aliphatic heterocycles. The van der Waals surface area contributed by atoms with E-state index in [-0.39, 0.29) is 29.5 Å². The summed E-state index contributed by atoms with van der Waals surface area (Å²) < 4.78 is 26.5. The van der Waals surface area contributed by atoms with Crippen LogP contribution in [-0.4, -0.2) is 33.5 Å². The summed E-state index contributed by atoms with van der Waals surface area (Å²) >= 11 is 0. The number of non-ortho nitro benzene ring substituents is 1. The summed E-state index contributed by atoms with van der Waals surface area (Å²) in [6.45, 7) is 2.58. The molecular formula is C11H18ClN3O4S. The smallest absolute Gasteiger partial charge is 0.270 e. The Kier molecular flexibility index (Phi) is 7.66. The lowest BCUT2D eigenvalue weighted by Crippen LogP contribution is -2.27. The van der Waals surface area contributed by atoms with Crippen LogP contribution in [0.4, 0.5) is 5.69 Å². The van der Waals surface area contributed by atoms with Crippen molar-refractivity contribution in [2.75, 3.05) is 20.1 Å². The zero-order valence-electron chi connectivity index (χ0n) is 11.3. The van der Waals surface area contributed by atoms with E-state index < -0.39 is 14.9 Å². The van der Waals surface area contributed by atoms with E-state index in [0.717, 1.165) is 6.07 Å². The average Bonchev–Trinajstić information content (AvgIpc) is 2.34. The molecular weight excluding hydrogens is 306 g/mol. The number of rotatable bonds is 7. The Morgan fingerprint density at radius 3 is 2.50 bits per heavy atom. The third kappa shape index (κ3) is 5.04. The van der Waals surface area contributed by atoms with Crippen LogP contribution in [0, 0.1) is 17.0 Å². The molecule has 9 heteroatoms. The number of nitro benzene ring substituents is 1. The van der Waals surface area contributed by atoms with Gasteiger partial charge >= 0.3 is 0 Å². The molecule has 0 amide bonds. The maximum absolute atomic E-state index is 12.0. The molecule has 114 valence electrons. The molecule has 0 fully saturated rings. The normalized spacial score (nSPS) is 10.9. The Morgan fingerprint density at radius 2 is 1.95 bits per heavy atom. The first-order valence-corrected chi connectivity index (χ1v) is 7.26. The number of hydrogen-bond donors (Lipinski definition) is 2. The molecule has 0 bridgehead atoms. The van der Waals surface area contributed by atoms with Crippen LogP contribution in [0.3, 0.4) is 0 Å². The fraction of sp³-hybridized carbons (Fsp3) is 0.455.